The van der Waals surface area contributed by atoms with Crippen molar-refractivity contribution >= 4 is 33.2 Å². The van der Waals surface area contributed by atoms with Gasteiger partial charge in [0.1, 0.15) is 4.90 Å². The monoisotopic (exact) mass is 412 g/mol. The van der Waals surface area contributed by atoms with Crippen LogP contribution < -0.4 is 0 Å². The second-order valence-electron chi connectivity index (χ2n) is 6.55. The first-order chi connectivity index (χ1) is 12.4. The van der Waals surface area contributed by atoms with Gasteiger partial charge in [0.05, 0.1) is 5.02 Å². The third-order valence-corrected chi connectivity index (χ3v) is 7.40. The highest BCUT2D eigenvalue weighted by molar-refractivity contribution is 7.89. The molecule has 0 saturated carbocycles. The van der Waals surface area contributed by atoms with Gasteiger partial charge in [-0.05, 0) is 43.1 Å². The molecule has 0 bridgehead atoms. The van der Waals surface area contributed by atoms with Crippen molar-refractivity contribution in [1.82, 2.24) is 9.21 Å². The van der Waals surface area contributed by atoms with Crippen LogP contribution in [-0.2, 0) is 16.6 Å². The number of hydrogen-bond donors (Lipinski definition) is 0. The summed E-state index contributed by atoms with van der Waals surface area (Å²) >= 11 is 12.2. The van der Waals surface area contributed by atoms with Crippen LogP contribution in [0, 0.1) is 6.92 Å². The van der Waals surface area contributed by atoms with E-state index in [1.165, 1.54) is 15.9 Å². The Balaban J connectivity index is 1.75. The van der Waals surface area contributed by atoms with Crippen LogP contribution in [0.4, 0.5) is 0 Å². The quantitative estimate of drug-likeness (QED) is 0.755. The molecular weight excluding hydrogens is 391 g/mol. The lowest BCUT2D eigenvalue weighted by Gasteiger charge is -2.22. The van der Waals surface area contributed by atoms with E-state index in [0.29, 0.717) is 30.2 Å². The van der Waals surface area contributed by atoms with E-state index in [0.717, 1.165) is 19.5 Å². The molecule has 1 saturated heterocycles. The molecule has 0 aliphatic carbocycles. The number of halogens is 2. The Kier molecular flexibility index (Phi) is 6.25. The fourth-order valence-electron chi connectivity index (χ4n) is 3.15. The van der Waals surface area contributed by atoms with Gasteiger partial charge in [0.15, 0.2) is 0 Å². The minimum Gasteiger partial charge on any atom is -0.298 e. The van der Waals surface area contributed by atoms with Gasteiger partial charge in [0.2, 0.25) is 10.0 Å². The summed E-state index contributed by atoms with van der Waals surface area (Å²) < 4.78 is 27.7. The predicted molar refractivity (Wildman–Crippen MR) is 106 cm³/mol. The van der Waals surface area contributed by atoms with E-state index in [4.69, 9.17) is 23.2 Å². The summed E-state index contributed by atoms with van der Waals surface area (Å²) in [5.74, 6) is 0. The van der Waals surface area contributed by atoms with E-state index in [2.05, 4.69) is 17.0 Å². The van der Waals surface area contributed by atoms with Crippen molar-refractivity contribution in [3.8, 4) is 0 Å². The van der Waals surface area contributed by atoms with Crippen LogP contribution in [0.5, 0.6) is 0 Å². The number of aryl methyl sites for hydroxylation is 1. The number of hydrogen-bond acceptors (Lipinski definition) is 3. The zero-order chi connectivity index (χ0) is 18.7. The number of nitrogens with zero attached hydrogens (tertiary/aromatic N) is 2. The molecule has 1 heterocycles. The average molecular weight is 413 g/mol. The summed E-state index contributed by atoms with van der Waals surface area (Å²) in [6.45, 7) is 5.11. The number of sulfonamides is 1. The van der Waals surface area contributed by atoms with Gasteiger partial charge in [-0.3, -0.25) is 4.90 Å². The van der Waals surface area contributed by atoms with E-state index in [9.17, 15) is 8.42 Å². The van der Waals surface area contributed by atoms with Gasteiger partial charge in [-0.2, -0.15) is 4.31 Å². The molecule has 3 rings (SSSR count). The lowest BCUT2D eigenvalue weighted by molar-refractivity contribution is 0.278. The maximum Gasteiger partial charge on any atom is 0.244 e. The van der Waals surface area contributed by atoms with Crippen LogP contribution in [0.25, 0.3) is 0 Å². The van der Waals surface area contributed by atoms with Crippen molar-refractivity contribution in [3.63, 3.8) is 0 Å². The second-order valence-corrected chi connectivity index (χ2v) is 9.27. The second kappa shape index (κ2) is 8.28. The molecule has 0 amide bonds. The lowest BCUT2D eigenvalue weighted by atomic mass is 10.2. The fraction of sp³-hybridized carbons (Fsp3) is 0.368. The Labute approximate surface area is 165 Å². The summed E-state index contributed by atoms with van der Waals surface area (Å²) in [5.41, 5.74) is 1.94. The molecule has 1 aliphatic heterocycles. The highest BCUT2D eigenvalue weighted by atomic mass is 35.5. The van der Waals surface area contributed by atoms with Gasteiger partial charge in [-0.15, -0.1) is 0 Å². The van der Waals surface area contributed by atoms with Gasteiger partial charge < -0.3 is 0 Å². The smallest absolute Gasteiger partial charge is 0.244 e. The van der Waals surface area contributed by atoms with E-state index in [-0.39, 0.29) is 9.92 Å². The summed E-state index contributed by atoms with van der Waals surface area (Å²) in [7, 11) is -3.64. The van der Waals surface area contributed by atoms with Crippen LogP contribution in [0.1, 0.15) is 17.5 Å². The first kappa shape index (κ1) is 19.6. The molecule has 7 heteroatoms. The van der Waals surface area contributed by atoms with Gasteiger partial charge >= 0.3 is 0 Å². The number of rotatable bonds is 4. The molecule has 2 aromatic rings. The van der Waals surface area contributed by atoms with Crippen molar-refractivity contribution in [2.45, 2.75) is 24.8 Å². The average Bonchev–Trinajstić information content (AvgIpc) is 2.85. The molecule has 26 heavy (non-hydrogen) atoms. The SMILES string of the molecule is Cc1cc(S(=O)(=O)N2CCCN(Cc3ccccc3)CC2)c(Cl)cc1Cl. The van der Waals surface area contributed by atoms with Crippen LogP contribution in [0.15, 0.2) is 47.4 Å². The minimum atomic E-state index is -3.64. The molecule has 1 aliphatic rings. The van der Waals surface area contributed by atoms with Crippen LogP contribution in [0.3, 0.4) is 0 Å². The molecule has 0 N–H and O–H groups in total. The summed E-state index contributed by atoms with van der Waals surface area (Å²) in [4.78, 5) is 2.43. The van der Waals surface area contributed by atoms with Crippen LogP contribution >= 0.6 is 23.2 Å². The zero-order valence-electron chi connectivity index (χ0n) is 14.7. The summed E-state index contributed by atoms with van der Waals surface area (Å²) in [5, 5.41) is 0.643. The molecule has 0 atom stereocenters. The summed E-state index contributed by atoms with van der Waals surface area (Å²) in [6.07, 6.45) is 0.788. The largest absolute Gasteiger partial charge is 0.298 e. The molecular formula is C19H22Cl2N2O2S. The third kappa shape index (κ3) is 4.41. The molecule has 0 unspecified atom stereocenters. The first-order valence-corrected chi connectivity index (χ1v) is 10.8. The van der Waals surface area contributed by atoms with Crippen LogP contribution in [0.2, 0.25) is 10.0 Å². The highest BCUT2D eigenvalue weighted by Crippen LogP contribution is 2.30. The highest BCUT2D eigenvalue weighted by Gasteiger charge is 2.29. The van der Waals surface area contributed by atoms with Crippen molar-refractivity contribution in [3.05, 3.63) is 63.6 Å². The molecule has 1 fully saturated rings. The predicted octanol–water partition coefficient (Wildman–Crippen LogP) is 4.20. The van der Waals surface area contributed by atoms with Crippen molar-refractivity contribution < 1.29 is 8.42 Å². The van der Waals surface area contributed by atoms with E-state index >= 15 is 0 Å². The van der Waals surface area contributed by atoms with E-state index in [1.807, 2.05) is 18.2 Å². The van der Waals surface area contributed by atoms with Crippen molar-refractivity contribution in [2.75, 3.05) is 26.2 Å². The van der Waals surface area contributed by atoms with Gasteiger partial charge in [-0.1, -0.05) is 53.5 Å². The molecule has 0 spiro atoms. The number of benzene rings is 2. The first-order valence-electron chi connectivity index (χ1n) is 8.60. The molecule has 0 radical (unpaired) electrons. The molecule has 140 valence electrons. The van der Waals surface area contributed by atoms with Crippen LogP contribution in [-0.4, -0.2) is 43.8 Å². The Morgan fingerprint density at radius 3 is 2.42 bits per heavy atom. The molecule has 4 nitrogen and oxygen atoms in total. The third-order valence-electron chi connectivity index (χ3n) is 4.63. The molecule has 2 aromatic carbocycles. The van der Waals surface area contributed by atoms with Gasteiger partial charge in [0.25, 0.3) is 0 Å². The Morgan fingerprint density at radius 1 is 0.962 bits per heavy atom. The maximum absolute atomic E-state index is 13.1. The standard InChI is InChI=1S/C19H22Cl2N2O2S/c1-15-12-19(18(21)13-17(15)20)26(24,25)23-9-5-8-22(10-11-23)14-16-6-3-2-4-7-16/h2-4,6-7,12-13H,5,8-11,14H2,1H3. The van der Waals surface area contributed by atoms with Crippen molar-refractivity contribution in [2.24, 2.45) is 0 Å². The lowest BCUT2D eigenvalue weighted by Crippen LogP contribution is -2.35. The Bertz CT molecular complexity index is 873. The molecule has 0 aromatic heterocycles. The van der Waals surface area contributed by atoms with Gasteiger partial charge in [-0.25, -0.2) is 8.42 Å². The van der Waals surface area contributed by atoms with E-state index in [1.54, 1.807) is 13.0 Å². The van der Waals surface area contributed by atoms with E-state index < -0.39 is 10.0 Å². The Morgan fingerprint density at radius 2 is 1.69 bits per heavy atom. The zero-order valence-corrected chi connectivity index (χ0v) is 17.0. The van der Waals surface area contributed by atoms with Crippen molar-refractivity contribution in [1.29, 1.82) is 0 Å². The normalized spacial score (nSPS) is 17.2. The fourth-order valence-corrected chi connectivity index (χ4v) is 5.43. The topological polar surface area (TPSA) is 40.6 Å². The maximum atomic E-state index is 13.1. The van der Waals surface area contributed by atoms with Gasteiger partial charge in [0, 0.05) is 31.2 Å². The summed E-state index contributed by atoms with van der Waals surface area (Å²) in [6, 6.07) is 13.3. The minimum absolute atomic E-state index is 0.137. The Hall–Kier alpha value is -1.11.